The minimum Gasteiger partial charge on any atom is -0.495 e. The van der Waals surface area contributed by atoms with Crippen LogP contribution in [0.2, 0.25) is 0 Å². The van der Waals surface area contributed by atoms with Gasteiger partial charge in [-0.1, -0.05) is 18.7 Å². The summed E-state index contributed by atoms with van der Waals surface area (Å²) in [4.78, 5) is 12.4. The number of amides is 1. The van der Waals surface area contributed by atoms with Gasteiger partial charge in [-0.3, -0.25) is 4.79 Å². The lowest BCUT2D eigenvalue weighted by molar-refractivity contribution is 0.102. The highest BCUT2D eigenvalue weighted by Crippen LogP contribution is 2.26. The van der Waals surface area contributed by atoms with E-state index < -0.39 is 0 Å². The molecule has 0 aromatic heterocycles. The zero-order valence-electron chi connectivity index (χ0n) is 13.7. The Morgan fingerprint density at radius 1 is 1.22 bits per heavy atom. The van der Waals surface area contributed by atoms with Gasteiger partial charge in [0.2, 0.25) is 0 Å². The van der Waals surface area contributed by atoms with Crippen LogP contribution < -0.4 is 14.8 Å². The van der Waals surface area contributed by atoms with Crippen LogP contribution in [0.3, 0.4) is 0 Å². The molecule has 1 amide bonds. The monoisotopic (exact) mass is 311 g/mol. The van der Waals surface area contributed by atoms with Gasteiger partial charge in [0.15, 0.2) is 0 Å². The van der Waals surface area contributed by atoms with Gasteiger partial charge >= 0.3 is 0 Å². The van der Waals surface area contributed by atoms with Gasteiger partial charge in [0.05, 0.1) is 12.8 Å². The Kier molecular flexibility index (Phi) is 5.41. The molecule has 23 heavy (non-hydrogen) atoms. The predicted molar refractivity (Wildman–Crippen MR) is 92.4 cm³/mol. The van der Waals surface area contributed by atoms with Crippen molar-refractivity contribution in [1.82, 2.24) is 0 Å². The van der Waals surface area contributed by atoms with E-state index in [1.165, 1.54) is 0 Å². The molecule has 2 aromatic carbocycles. The summed E-state index contributed by atoms with van der Waals surface area (Å²) in [5.41, 5.74) is 3.13. The summed E-state index contributed by atoms with van der Waals surface area (Å²) in [5.74, 6) is 1.05. The first-order chi connectivity index (χ1) is 11.0. The van der Waals surface area contributed by atoms with Crippen molar-refractivity contribution >= 4 is 11.6 Å². The summed E-state index contributed by atoms with van der Waals surface area (Å²) in [6.45, 7) is 8.07. The molecule has 0 spiro atoms. The second kappa shape index (κ2) is 7.49. The minimum absolute atomic E-state index is 0.213. The van der Waals surface area contributed by atoms with Crippen LogP contribution in [-0.2, 0) is 0 Å². The number of ether oxygens (including phenoxy) is 2. The highest BCUT2D eigenvalue weighted by Gasteiger charge is 2.11. The van der Waals surface area contributed by atoms with Crippen molar-refractivity contribution in [2.75, 3.05) is 19.0 Å². The van der Waals surface area contributed by atoms with Gasteiger partial charge in [-0.2, -0.15) is 0 Å². The Bertz CT molecular complexity index is 722. The van der Waals surface area contributed by atoms with Crippen molar-refractivity contribution in [2.24, 2.45) is 0 Å². The van der Waals surface area contributed by atoms with Crippen LogP contribution in [-0.4, -0.2) is 19.6 Å². The van der Waals surface area contributed by atoms with E-state index in [-0.39, 0.29) is 5.91 Å². The Labute approximate surface area is 136 Å². The van der Waals surface area contributed by atoms with E-state index in [0.717, 1.165) is 11.1 Å². The largest absolute Gasteiger partial charge is 0.495 e. The molecular formula is C19H21NO3. The van der Waals surface area contributed by atoms with Crippen LogP contribution in [0.1, 0.15) is 22.8 Å². The Morgan fingerprint density at radius 2 is 2.00 bits per heavy atom. The quantitative estimate of drug-likeness (QED) is 0.813. The van der Waals surface area contributed by atoms with Gasteiger partial charge in [-0.15, -0.1) is 0 Å². The normalized spacial score (nSPS) is 10.0. The molecule has 1 N–H and O–H groups in total. The van der Waals surface area contributed by atoms with Crippen LogP contribution >= 0.6 is 0 Å². The molecule has 4 nitrogen and oxygen atoms in total. The fourth-order valence-corrected chi connectivity index (χ4v) is 2.05. The zero-order valence-corrected chi connectivity index (χ0v) is 13.7. The first-order valence-electron chi connectivity index (χ1n) is 7.33. The number of hydrogen-bond donors (Lipinski definition) is 1. The maximum atomic E-state index is 12.4. The first kappa shape index (κ1) is 16.6. The second-order valence-corrected chi connectivity index (χ2v) is 5.43. The number of aryl methyl sites for hydroxylation is 1. The zero-order chi connectivity index (χ0) is 16.8. The van der Waals surface area contributed by atoms with Crippen LogP contribution in [0.25, 0.3) is 0 Å². The minimum atomic E-state index is -0.213. The molecular weight excluding hydrogens is 290 g/mol. The Morgan fingerprint density at radius 3 is 2.70 bits per heavy atom. The molecule has 2 aromatic rings. The van der Waals surface area contributed by atoms with Crippen LogP contribution in [0.5, 0.6) is 11.5 Å². The number of hydrogen-bond acceptors (Lipinski definition) is 3. The SMILES string of the molecule is C=C(C)COc1cccc(C(=O)Nc2cc(C)ccc2OC)c1. The third-order valence-electron chi connectivity index (χ3n) is 3.18. The number of methoxy groups -OCH3 is 1. The van der Waals surface area contributed by atoms with E-state index in [9.17, 15) is 4.79 Å². The molecule has 0 aliphatic carbocycles. The van der Waals surface area contributed by atoms with E-state index in [2.05, 4.69) is 11.9 Å². The van der Waals surface area contributed by atoms with Crippen molar-refractivity contribution in [3.63, 3.8) is 0 Å². The molecule has 0 saturated carbocycles. The molecule has 0 radical (unpaired) electrons. The first-order valence-corrected chi connectivity index (χ1v) is 7.33. The van der Waals surface area contributed by atoms with E-state index in [0.29, 0.717) is 29.4 Å². The topological polar surface area (TPSA) is 47.6 Å². The van der Waals surface area contributed by atoms with E-state index >= 15 is 0 Å². The van der Waals surface area contributed by atoms with Gasteiger partial charge in [0, 0.05) is 5.56 Å². The molecule has 120 valence electrons. The van der Waals surface area contributed by atoms with Crippen molar-refractivity contribution in [1.29, 1.82) is 0 Å². The molecule has 0 bridgehead atoms. The molecule has 0 atom stereocenters. The standard InChI is InChI=1S/C19H21NO3/c1-13(2)12-23-16-7-5-6-15(11-16)19(21)20-17-10-14(3)8-9-18(17)22-4/h5-11H,1,12H2,2-4H3,(H,20,21). The molecule has 0 aliphatic heterocycles. The lowest BCUT2D eigenvalue weighted by Crippen LogP contribution is -2.13. The molecule has 0 heterocycles. The van der Waals surface area contributed by atoms with Crippen molar-refractivity contribution < 1.29 is 14.3 Å². The summed E-state index contributed by atoms with van der Waals surface area (Å²) >= 11 is 0. The van der Waals surface area contributed by atoms with Crippen molar-refractivity contribution in [2.45, 2.75) is 13.8 Å². The Hall–Kier alpha value is -2.75. The van der Waals surface area contributed by atoms with Crippen molar-refractivity contribution in [3.8, 4) is 11.5 Å². The molecule has 0 saturated heterocycles. The van der Waals surface area contributed by atoms with Gasteiger partial charge in [-0.05, 0) is 55.3 Å². The average molecular weight is 311 g/mol. The number of benzene rings is 2. The maximum absolute atomic E-state index is 12.4. The van der Waals surface area contributed by atoms with E-state index in [1.54, 1.807) is 25.3 Å². The van der Waals surface area contributed by atoms with E-state index in [1.807, 2.05) is 38.1 Å². The number of carbonyl (C=O) groups is 1. The molecule has 0 fully saturated rings. The molecule has 4 heteroatoms. The van der Waals surface area contributed by atoms with Crippen LogP contribution in [0.15, 0.2) is 54.6 Å². The van der Waals surface area contributed by atoms with Gasteiger partial charge in [0.1, 0.15) is 18.1 Å². The summed E-state index contributed by atoms with van der Waals surface area (Å²) in [5, 5.41) is 2.87. The van der Waals surface area contributed by atoms with Crippen molar-refractivity contribution in [3.05, 3.63) is 65.7 Å². The fourth-order valence-electron chi connectivity index (χ4n) is 2.05. The lowest BCUT2D eigenvalue weighted by atomic mass is 10.1. The highest BCUT2D eigenvalue weighted by atomic mass is 16.5. The summed E-state index contributed by atoms with van der Waals surface area (Å²) in [7, 11) is 1.58. The Balaban J connectivity index is 2.16. The third kappa shape index (κ3) is 4.61. The number of nitrogens with one attached hydrogen (secondary N) is 1. The number of rotatable bonds is 6. The predicted octanol–water partition coefficient (Wildman–Crippen LogP) is 4.21. The summed E-state index contributed by atoms with van der Waals surface area (Å²) in [6, 6.07) is 12.7. The smallest absolute Gasteiger partial charge is 0.255 e. The lowest BCUT2D eigenvalue weighted by Gasteiger charge is -2.12. The maximum Gasteiger partial charge on any atom is 0.255 e. The highest BCUT2D eigenvalue weighted by molar-refractivity contribution is 6.05. The van der Waals surface area contributed by atoms with Gasteiger partial charge in [-0.25, -0.2) is 0 Å². The molecule has 0 unspecified atom stereocenters. The van der Waals surface area contributed by atoms with Gasteiger partial charge < -0.3 is 14.8 Å². The number of anilines is 1. The summed E-state index contributed by atoms with van der Waals surface area (Å²) < 4.78 is 10.8. The average Bonchev–Trinajstić information content (AvgIpc) is 2.53. The second-order valence-electron chi connectivity index (χ2n) is 5.43. The number of carbonyl (C=O) groups excluding carboxylic acids is 1. The molecule has 2 rings (SSSR count). The third-order valence-corrected chi connectivity index (χ3v) is 3.18. The van der Waals surface area contributed by atoms with Gasteiger partial charge in [0.25, 0.3) is 5.91 Å². The van der Waals surface area contributed by atoms with Crippen LogP contribution in [0, 0.1) is 6.92 Å². The van der Waals surface area contributed by atoms with E-state index in [4.69, 9.17) is 9.47 Å². The molecule has 0 aliphatic rings. The fraction of sp³-hybridized carbons (Fsp3) is 0.211. The van der Waals surface area contributed by atoms with Crippen LogP contribution in [0.4, 0.5) is 5.69 Å². The summed E-state index contributed by atoms with van der Waals surface area (Å²) in [6.07, 6.45) is 0.